The molecular formula is C17H16ClFN2O3S. The SMILES string of the molecule is C[C@H](OC(=O)CCSc1ccc(F)cc1)C(=O)Nc1ccc(Cl)cn1. The average molecular weight is 383 g/mol. The second-order valence-electron chi connectivity index (χ2n) is 5.04. The molecule has 0 unspecified atom stereocenters. The van der Waals surface area contributed by atoms with E-state index >= 15 is 0 Å². The maximum Gasteiger partial charge on any atom is 0.307 e. The van der Waals surface area contributed by atoms with Crippen molar-refractivity contribution in [2.75, 3.05) is 11.1 Å². The predicted octanol–water partition coefficient (Wildman–Crippen LogP) is 3.93. The van der Waals surface area contributed by atoms with Gasteiger partial charge >= 0.3 is 5.97 Å². The zero-order valence-corrected chi connectivity index (χ0v) is 14.9. The summed E-state index contributed by atoms with van der Waals surface area (Å²) in [5.74, 6) is -0.476. The molecule has 0 aliphatic rings. The maximum atomic E-state index is 12.8. The predicted molar refractivity (Wildman–Crippen MR) is 95.2 cm³/mol. The van der Waals surface area contributed by atoms with Crippen molar-refractivity contribution in [1.82, 2.24) is 4.98 Å². The van der Waals surface area contributed by atoms with Crippen LogP contribution in [0.4, 0.5) is 10.2 Å². The van der Waals surface area contributed by atoms with Crippen LogP contribution in [0.5, 0.6) is 0 Å². The molecule has 132 valence electrons. The number of halogens is 2. The van der Waals surface area contributed by atoms with E-state index in [4.69, 9.17) is 16.3 Å². The molecule has 0 saturated carbocycles. The minimum Gasteiger partial charge on any atom is -0.453 e. The topological polar surface area (TPSA) is 68.3 Å². The van der Waals surface area contributed by atoms with Gasteiger partial charge in [0.1, 0.15) is 11.6 Å². The van der Waals surface area contributed by atoms with Crippen LogP contribution in [-0.2, 0) is 14.3 Å². The summed E-state index contributed by atoms with van der Waals surface area (Å²) in [6.07, 6.45) is 0.597. The monoisotopic (exact) mass is 382 g/mol. The lowest BCUT2D eigenvalue weighted by atomic mass is 10.3. The van der Waals surface area contributed by atoms with Gasteiger partial charge in [0.25, 0.3) is 5.91 Å². The second kappa shape index (κ2) is 9.39. The van der Waals surface area contributed by atoms with Gasteiger partial charge in [0, 0.05) is 16.8 Å². The highest BCUT2D eigenvalue weighted by molar-refractivity contribution is 7.99. The van der Waals surface area contributed by atoms with Crippen LogP contribution in [0.15, 0.2) is 47.5 Å². The van der Waals surface area contributed by atoms with Crippen LogP contribution in [0.2, 0.25) is 5.02 Å². The first-order chi connectivity index (χ1) is 11.9. The lowest BCUT2D eigenvalue weighted by Crippen LogP contribution is -2.30. The summed E-state index contributed by atoms with van der Waals surface area (Å²) in [6, 6.07) is 9.14. The highest BCUT2D eigenvalue weighted by atomic mass is 35.5. The van der Waals surface area contributed by atoms with Crippen LogP contribution in [0.3, 0.4) is 0 Å². The third-order valence-corrected chi connectivity index (χ3v) is 4.28. The van der Waals surface area contributed by atoms with Gasteiger partial charge in [-0.2, -0.15) is 0 Å². The number of esters is 1. The summed E-state index contributed by atoms with van der Waals surface area (Å²) >= 11 is 7.12. The van der Waals surface area contributed by atoms with Crippen molar-refractivity contribution in [3.05, 3.63) is 53.4 Å². The molecule has 1 aromatic heterocycles. The van der Waals surface area contributed by atoms with Gasteiger partial charge in [-0.1, -0.05) is 11.6 Å². The normalized spacial score (nSPS) is 11.6. The molecule has 0 spiro atoms. The quantitative estimate of drug-likeness (QED) is 0.580. The lowest BCUT2D eigenvalue weighted by Gasteiger charge is -2.13. The number of benzene rings is 1. The van der Waals surface area contributed by atoms with Crippen LogP contribution in [0.25, 0.3) is 0 Å². The number of aromatic nitrogens is 1. The number of hydrogen-bond donors (Lipinski definition) is 1. The van der Waals surface area contributed by atoms with Gasteiger partial charge in [-0.05, 0) is 43.3 Å². The molecule has 1 amide bonds. The summed E-state index contributed by atoms with van der Waals surface area (Å²) < 4.78 is 17.9. The van der Waals surface area contributed by atoms with Crippen molar-refractivity contribution in [3.63, 3.8) is 0 Å². The number of pyridine rings is 1. The molecule has 1 heterocycles. The van der Waals surface area contributed by atoms with Crippen molar-refractivity contribution >= 4 is 41.1 Å². The van der Waals surface area contributed by atoms with Gasteiger partial charge in [-0.3, -0.25) is 9.59 Å². The van der Waals surface area contributed by atoms with Gasteiger partial charge in [-0.25, -0.2) is 9.37 Å². The molecule has 25 heavy (non-hydrogen) atoms. The molecule has 8 heteroatoms. The van der Waals surface area contributed by atoms with Crippen LogP contribution in [-0.4, -0.2) is 28.7 Å². The van der Waals surface area contributed by atoms with E-state index in [0.717, 1.165) is 4.90 Å². The number of hydrogen-bond acceptors (Lipinski definition) is 5. The fraction of sp³-hybridized carbons (Fsp3) is 0.235. The zero-order chi connectivity index (χ0) is 18.2. The van der Waals surface area contributed by atoms with E-state index in [1.165, 1.54) is 37.0 Å². The van der Waals surface area contributed by atoms with Gasteiger partial charge in [0.2, 0.25) is 0 Å². The largest absolute Gasteiger partial charge is 0.453 e. The van der Waals surface area contributed by atoms with Crippen LogP contribution in [0.1, 0.15) is 13.3 Å². The lowest BCUT2D eigenvalue weighted by molar-refractivity contribution is -0.152. The number of rotatable bonds is 7. The summed E-state index contributed by atoms with van der Waals surface area (Å²) in [4.78, 5) is 28.5. The zero-order valence-electron chi connectivity index (χ0n) is 13.4. The van der Waals surface area contributed by atoms with Crippen molar-refractivity contribution in [2.45, 2.75) is 24.3 Å². The molecule has 2 aromatic rings. The number of nitrogens with one attached hydrogen (secondary N) is 1. The van der Waals surface area contributed by atoms with Crippen molar-refractivity contribution in [2.24, 2.45) is 0 Å². The molecule has 5 nitrogen and oxygen atoms in total. The second-order valence-corrected chi connectivity index (χ2v) is 6.64. The van der Waals surface area contributed by atoms with Gasteiger partial charge in [-0.15, -0.1) is 11.8 Å². The van der Waals surface area contributed by atoms with Gasteiger partial charge < -0.3 is 10.1 Å². The first kappa shape index (κ1) is 19.2. The molecule has 0 fully saturated rings. The number of amides is 1. The Labute approximate surface area is 153 Å². The highest BCUT2D eigenvalue weighted by Crippen LogP contribution is 2.19. The van der Waals surface area contributed by atoms with E-state index in [1.807, 2.05) is 0 Å². The number of nitrogens with zero attached hydrogens (tertiary/aromatic N) is 1. The minimum absolute atomic E-state index is 0.138. The van der Waals surface area contributed by atoms with Crippen LogP contribution in [0, 0.1) is 5.82 Å². The fourth-order valence-corrected chi connectivity index (χ4v) is 2.72. The summed E-state index contributed by atoms with van der Waals surface area (Å²) in [5.41, 5.74) is 0. The Balaban J connectivity index is 1.72. The number of carbonyl (C=O) groups is 2. The molecular weight excluding hydrogens is 367 g/mol. The number of carbonyl (C=O) groups excluding carboxylic acids is 2. The van der Waals surface area contributed by atoms with Crippen molar-refractivity contribution < 1.29 is 18.7 Å². The van der Waals surface area contributed by atoms with Gasteiger partial charge in [0.15, 0.2) is 6.10 Å². The Hall–Kier alpha value is -2.12. The van der Waals surface area contributed by atoms with Crippen LogP contribution < -0.4 is 5.32 Å². The maximum absolute atomic E-state index is 12.8. The van der Waals surface area contributed by atoms with Crippen molar-refractivity contribution in [1.29, 1.82) is 0 Å². The smallest absolute Gasteiger partial charge is 0.307 e. The third kappa shape index (κ3) is 6.72. The van der Waals surface area contributed by atoms with E-state index in [1.54, 1.807) is 24.3 Å². The Bertz CT molecular complexity index is 726. The number of thioether (sulfide) groups is 1. The van der Waals surface area contributed by atoms with E-state index in [-0.39, 0.29) is 12.2 Å². The molecule has 0 aliphatic heterocycles. The minimum atomic E-state index is -0.944. The molecule has 2 rings (SSSR count). The Morgan fingerprint density at radius 1 is 1.28 bits per heavy atom. The molecule has 0 aliphatic carbocycles. The number of anilines is 1. The van der Waals surface area contributed by atoms with Gasteiger partial charge in [0.05, 0.1) is 11.4 Å². The Kier molecular flexibility index (Phi) is 7.21. The third-order valence-electron chi connectivity index (χ3n) is 3.04. The Morgan fingerprint density at radius 2 is 2.00 bits per heavy atom. The van der Waals surface area contributed by atoms with E-state index in [0.29, 0.717) is 16.6 Å². The standard InChI is InChI=1S/C17H16ClFN2O3S/c1-11(17(23)21-15-7-2-12(18)10-20-15)24-16(22)8-9-25-14-5-3-13(19)4-6-14/h2-7,10-11H,8-9H2,1H3,(H,20,21,23)/t11-/m0/s1. The molecule has 1 aromatic carbocycles. The van der Waals surface area contributed by atoms with E-state index in [2.05, 4.69) is 10.3 Å². The van der Waals surface area contributed by atoms with E-state index < -0.39 is 18.0 Å². The highest BCUT2D eigenvalue weighted by Gasteiger charge is 2.18. The van der Waals surface area contributed by atoms with Crippen LogP contribution >= 0.6 is 23.4 Å². The fourth-order valence-electron chi connectivity index (χ4n) is 1.77. The summed E-state index contributed by atoms with van der Waals surface area (Å²) in [7, 11) is 0. The first-order valence-corrected chi connectivity index (χ1v) is 8.80. The molecule has 0 radical (unpaired) electrons. The molecule has 0 bridgehead atoms. The molecule has 0 saturated heterocycles. The summed E-state index contributed by atoms with van der Waals surface area (Å²) in [6.45, 7) is 1.48. The summed E-state index contributed by atoms with van der Waals surface area (Å²) in [5, 5.41) is 2.99. The first-order valence-electron chi connectivity index (χ1n) is 7.44. The molecule has 1 N–H and O–H groups in total. The van der Waals surface area contributed by atoms with E-state index in [9.17, 15) is 14.0 Å². The average Bonchev–Trinajstić information content (AvgIpc) is 2.58. The Morgan fingerprint density at radius 3 is 2.64 bits per heavy atom. The molecule has 1 atom stereocenters. The van der Waals surface area contributed by atoms with Crippen molar-refractivity contribution in [3.8, 4) is 0 Å². The number of ether oxygens (including phenoxy) is 1.